The average molecular weight is 363 g/mol. The van der Waals surface area contributed by atoms with Crippen LogP contribution in [0.15, 0.2) is 47.4 Å². The monoisotopic (exact) mass is 363 g/mol. The Labute approximate surface area is 150 Å². The second-order valence-electron chi connectivity index (χ2n) is 5.79. The Morgan fingerprint density at radius 1 is 1.08 bits per heavy atom. The van der Waals surface area contributed by atoms with Gasteiger partial charge in [0.2, 0.25) is 10.0 Å². The molecule has 2 aromatic carbocycles. The van der Waals surface area contributed by atoms with E-state index in [0.717, 1.165) is 16.7 Å². The predicted octanol–water partition coefficient (Wildman–Crippen LogP) is 3.37. The normalized spacial score (nSPS) is 12.8. The summed E-state index contributed by atoms with van der Waals surface area (Å²) in [5.74, 6) is 0.691. The summed E-state index contributed by atoms with van der Waals surface area (Å²) in [7, 11) is -2.05. The van der Waals surface area contributed by atoms with Crippen molar-refractivity contribution >= 4 is 10.0 Å². The van der Waals surface area contributed by atoms with Crippen LogP contribution in [0.2, 0.25) is 0 Å². The minimum absolute atomic E-state index is 0.163. The van der Waals surface area contributed by atoms with Gasteiger partial charge in [-0.15, -0.1) is 0 Å². The molecule has 0 bridgehead atoms. The van der Waals surface area contributed by atoms with Crippen LogP contribution in [0.25, 0.3) is 0 Å². The Bertz CT molecular complexity index is 818. The summed E-state index contributed by atoms with van der Waals surface area (Å²) >= 11 is 0. The maximum atomic E-state index is 12.6. The van der Waals surface area contributed by atoms with Gasteiger partial charge in [-0.1, -0.05) is 24.3 Å². The zero-order chi connectivity index (χ0) is 18.4. The Morgan fingerprint density at radius 2 is 1.80 bits per heavy atom. The maximum Gasteiger partial charge on any atom is 0.240 e. The van der Waals surface area contributed by atoms with Crippen molar-refractivity contribution in [2.75, 3.05) is 20.3 Å². The first-order valence-electron chi connectivity index (χ1n) is 8.20. The van der Waals surface area contributed by atoms with Crippen molar-refractivity contribution in [3.63, 3.8) is 0 Å². The fraction of sp³-hybridized carbons (Fsp3) is 0.368. The number of sulfonamides is 1. The molecule has 1 N–H and O–H groups in total. The first-order valence-corrected chi connectivity index (χ1v) is 9.68. The lowest BCUT2D eigenvalue weighted by Crippen LogP contribution is -2.29. The van der Waals surface area contributed by atoms with Crippen molar-refractivity contribution in [1.82, 2.24) is 4.72 Å². The van der Waals surface area contributed by atoms with E-state index in [0.29, 0.717) is 12.4 Å². The van der Waals surface area contributed by atoms with Crippen molar-refractivity contribution in [2.24, 2.45) is 0 Å². The zero-order valence-electron chi connectivity index (χ0n) is 15.1. The lowest BCUT2D eigenvalue weighted by molar-refractivity contribution is 0.107. The third kappa shape index (κ3) is 4.81. The van der Waals surface area contributed by atoms with Gasteiger partial charge in [0.05, 0.1) is 17.6 Å². The average Bonchev–Trinajstić information content (AvgIpc) is 2.58. The molecule has 0 heterocycles. The Balaban J connectivity index is 2.15. The van der Waals surface area contributed by atoms with Crippen molar-refractivity contribution in [3.8, 4) is 5.75 Å². The molecule has 5 nitrogen and oxygen atoms in total. The fourth-order valence-corrected chi connectivity index (χ4v) is 3.76. The fourth-order valence-electron chi connectivity index (χ4n) is 2.64. The van der Waals surface area contributed by atoms with Gasteiger partial charge in [0.25, 0.3) is 0 Å². The molecular formula is C19H25NO4S. The molecule has 25 heavy (non-hydrogen) atoms. The molecule has 0 aliphatic rings. The first kappa shape index (κ1) is 19.4. The summed E-state index contributed by atoms with van der Waals surface area (Å²) in [5, 5.41) is 0. The Hall–Kier alpha value is -1.89. The highest BCUT2D eigenvalue weighted by Gasteiger charge is 2.19. The van der Waals surface area contributed by atoms with Crippen molar-refractivity contribution in [1.29, 1.82) is 0 Å². The van der Waals surface area contributed by atoms with Gasteiger partial charge in [0, 0.05) is 13.7 Å². The molecule has 1 unspecified atom stereocenters. The molecule has 2 rings (SSSR count). The second kappa shape index (κ2) is 8.47. The number of benzene rings is 2. The van der Waals surface area contributed by atoms with Crippen LogP contribution in [0.5, 0.6) is 5.75 Å². The largest absolute Gasteiger partial charge is 0.494 e. The minimum Gasteiger partial charge on any atom is -0.494 e. The van der Waals surface area contributed by atoms with Crippen LogP contribution in [0.4, 0.5) is 0 Å². The van der Waals surface area contributed by atoms with E-state index in [1.165, 1.54) is 0 Å². The summed E-state index contributed by atoms with van der Waals surface area (Å²) in [6.45, 7) is 6.40. The molecule has 136 valence electrons. The summed E-state index contributed by atoms with van der Waals surface area (Å²) in [5.41, 5.74) is 2.81. The van der Waals surface area contributed by atoms with Crippen LogP contribution < -0.4 is 9.46 Å². The standard InChI is InChI=1S/C19H25NO4S/c1-5-24-18-11-10-16(12-15(18)3)25(21,22)20-13-19(23-4)17-9-7-6-8-14(17)2/h6-12,19-20H,5,13H2,1-4H3. The predicted molar refractivity (Wildman–Crippen MR) is 98.5 cm³/mol. The highest BCUT2D eigenvalue weighted by molar-refractivity contribution is 7.89. The van der Waals surface area contributed by atoms with Gasteiger partial charge in [-0.3, -0.25) is 0 Å². The van der Waals surface area contributed by atoms with E-state index in [1.807, 2.05) is 45.0 Å². The maximum absolute atomic E-state index is 12.6. The summed E-state index contributed by atoms with van der Waals surface area (Å²) in [6, 6.07) is 12.6. The van der Waals surface area contributed by atoms with Gasteiger partial charge in [0.15, 0.2) is 0 Å². The van der Waals surface area contributed by atoms with Crippen molar-refractivity contribution in [2.45, 2.75) is 31.8 Å². The number of hydrogen-bond donors (Lipinski definition) is 1. The zero-order valence-corrected chi connectivity index (χ0v) is 15.9. The van der Waals surface area contributed by atoms with Gasteiger partial charge in [-0.25, -0.2) is 13.1 Å². The lowest BCUT2D eigenvalue weighted by atomic mass is 10.0. The molecule has 0 saturated heterocycles. The van der Waals surface area contributed by atoms with Gasteiger partial charge < -0.3 is 9.47 Å². The molecule has 0 amide bonds. The Kier molecular flexibility index (Phi) is 6.58. The third-order valence-corrected chi connectivity index (χ3v) is 5.46. The highest BCUT2D eigenvalue weighted by Crippen LogP contribution is 2.23. The molecule has 0 fully saturated rings. The third-order valence-electron chi connectivity index (χ3n) is 4.04. The Morgan fingerprint density at radius 3 is 2.40 bits per heavy atom. The molecular weight excluding hydrogens is 338 g/mol. The number of methoxy groups -OCH3 is 1. The van der Waals surface area contributed by atoms with Crippen LogP contribution in [-0.2, 0) is 14.8 Å². The van der Waals surface area contributed by atoms with E-state index in [9.17, 15) is 8.42 Å². The number of ether oxygens (including phenoxy) is 2. The van der Waals surface area contributed by atoms with E-state index in [-0.39, 0.29) is 17.5 Å². The van der Waals surface area contributed by atoms with E-state index >= 15 is 0 Å². The number of aryl methyl sites for hydroxylation is 2. The number of hydrogen-bond acceptors (Lipinski definition) is 4. The number of nitrogens with one attached hydrogen (secondary N) is 1. The van der Waals surface area contributed by atoms with Gasteiger partial charge in [-0.2, -0.15) is 0 Å². The van der Waals surface area contributed by atoms with Crippen molar-refractivity contribution in [3.05, 3.63) is 59.2 Å². The minimum atomic E-state index is -3.63. The van der Waals surface area contributed by atoms with E-state index in [2.05, 4.69) is 4.72 Å². The molecule has 0 aliphatic carbocycles. The van der Waals surface area contributed by atoms with Crippen LogP contribution in [0, 0.1) is 13.8 Å². The summed E-state index contributed by atoms with van der Waals surface area (Å²) < 4.78 is 38.7. The molecule has 1 atom stereocenters. The highest BCUT2D eigenvalue weighted by atomic mass is 32.2. The SMILES string of the molecule is CCOc1ccc(S(=O)(=O)NCC(OC)c2ccccc2C)cc1C. The molecule has 0 spiro atoms. The first-order chi connectivity index (χ1) is 11.9. The van der Waals surface area contributed by atoms with Crippen molar-refractivity contribution < 1.29 is 17.9 Å². The topological polar surface area (TPSA) is 64.6 Å². The molecule has 0 aliphatic heterocycles. The van der Waals surface area contributed by atoms with Gasteiger partial charge >= 0.3 is 0 Å². The smallest absolute Gasteiger partial charge is 0.240 e. The van der Waals surface area contributed by atoms with Gasteiger partial charge in [0.1, 0.15) is 5.75 Å². The molecule has 0 radical (unpaired) electrons. The van der Waals surface area contributed by atoms with E-state index < -0.39 is 10.0 Å². The lowest BCUT2D eigenvalue weighted by Gasteiger charge is -2.19. The van der Waals surface area contributed by atoms with E-state index in [4.69, 9.17) is 9.47 Å². The molecule has 0 saturated carbocycles. The van der Waals surface area contributed by atoms with Crippen LogP contribution >= 0.6 is 0 Å². The van der Waals surface area contributed by atoms with Gasteiger partial charge in [-0.05, 0) is 55.7 Å². The molecule has 6 heteroatoms. The van der Waals surface area contributed by atoms with Crippen LogP contribution in [0.3, 0.4) is 0 Å². The van der Waals surface area contributed by atoms with Crippen LogP contribution in [0.1, 0.15) is 29.7 Å². The number of rotatable bonds is 8. The second-order valence-corrected chi connectivity index (χ2v) is 7.56. The quantitative estimate of drug-likeness (QED) is 0.781. The summed E-state index contributed by atoms with van der Waals surface area (Å²) in [6.07, 6.45) is -0.347. The van der Waals surface area contributed by atoms with E-state index in [1.54, 1.807) is 25.3 Å². The molecule has 0 aromatic heterocycles. The molecule has 2 aromatic rings. The van der Waals surface area contributed by atoms with Crippen LogP contribution in [-0.4, -0.2) is 28.7 Å². The summed E-state index contributed by atoms with van der Waals surface area (Å²) in [4.78, 5) is 0.216.